The Morgan fingerprint density at radius 2 is 2.19 bits per heavy atom. The molecule has 2 N–H and O–H groups in total. The van der Waals surface area contributed by atoms with Crippen molar-refractivity contribution >= 4 is 39.0 Å². The van der Waals surface area contributed by atoms with Gasteiger partial charge in [0.05, 0.1) is 17.3 Å². The Balaban J connectivity index is 2.01. The molecule has 0 fully saturated rings. The number of rotatable bonds is 5. The molecule has 0 saturated carbocycles. The highest BCUT2D eigenvalue weighted by Gasteiger charge is 2.11. The Morgan fingerprint density at radius 3 is 2.90 bits per heavy atom. The minimum atomic E-state index is 0.664. The van der Waals surface area contributed by atoms with Crippen LogP contribution in [0.4, 0.5) is 17.5 Å². The van der Waals surface area contributed by atoms with E-state index in [1.807, 2.05) is 13.2 Å². The normalized spacial score (nSPS) is 11.0. The lowest BCUT2D eigenvalue weighted by Crippen LogP contribution is -2.05. The van der Waals surface area contributed by atoms with Crippen molar-refractivity contribution in [1.29, 1.82) is 0 Å². The summed E-state index contributed by atoms with van der Waals surface area (Å²) in [4.78, 5) is 11.4. The number of hydrogen-bond donors (Lipinski definition) is 2. The second-order valence-electron chi connectivity index (χ2n) is 4.93. The standard InChI is InChI=1S/C14H18N6S/c1-4-5-15-14-18-12(17-10-7-16-20(3)8-10)11-6-9(2)21-13(11)19-14/h6-8H,4-5H2,1-3H3,(H2,15,17,18,19). The molecule has 0 saturated heterocycles. The zero-order valence-corrected chi connectivity index (χ0v) is 13.2. The van der Waals surface area contributed by atoms with Crippen LogP contribution in [0.5, 0.6) is 0 Å². The molecule has 3 heterocycles. The first-order chi connectivity index (χ1) is 10.2. The van der Waals surface area contributed by atoms with Crippen LogP contribution in [0.1, 0.15) is 18.2 Å². The number of fused-ring (bicyclic) bond motifs is 1. The van der Waals surface area contributed by atoms with Crippen molar-refractivity contribution in [3.8, 4) is 0 Å². The summed E-state index contributed by atoms with van der Waals surface area (Å²) in [5.74, 6) is 1.48. The van der Waals surface area contributed by atoms with Gasteiger partial charge in [0.15, 0.2) is 0 Å². The van der Waals surface area contributed by atoms with Crippen LogP contribution in [-0.4, -0.2) is 26.3 Å². The second-order valence-corrected chi connectivity index (χ2v) is 6.16. The van der Waals surface area contributed by atoms with E-state index < -0.39 is 0 Å². The Labute approximate surface area is 127 Å². The summed E-state index contributed by atoms with van der Waals surface area (Å²) in [5.41, 5.74) is 0.919. The number of hydrogen-bond acceptors (Lipinski definition) is 6. The van der Waals surface area contributed by atoms with E-state index in [9.17, 15) is 0 Å². The maximum Gasteiger partial charge on any atom is 0.226 e. The first kappa shape index (κ1) is 13.8. The molecule has 0 atom stereocenters. The SMILES string of the molecule is CCCNc1nc(Nc2cnn(C)c2)c2cc(C)sc2n1. The minimum Gasteiger partial charge on any atom is -0.354 e. The molecule has 0 amide bonds. The fourth-order valence-corrected chi connectivity index (χ4v) is 2.95. The van der Waals surface area contributed by atoms with Crippen LogP contribution in [0, 0.1) is 6.92 Å². The van der Waals surface area contributed by atoms with Crippen LogP contribution < -0.4 is 10.6 Å². The summed E-state index contributed by atoms with van der Waals surface area (Å²) in [6.45, 7) is 5.07. The number of nitrogens with one attached hydrogen (secondary N) is 2. The van der Waals surface area contributed by atoms with E-state index in [-0.39, 0.29) is 0 Å². The Hall–Kier alpha value is -2.15. The molecular weight excluding hydrogens is 284 g/mol. The van der Waals surface area contributed by atoms with E-state index in [0.717, 1.165) is 34.7 Å². The highest BCUT2D eigenvalue weighted by atomic mass is 32.1. The first-order valence-electron chi connectivity index (χ1n) is 6.93. The lowest BCUT2D eigenvalue weighted by Gasteiger charge is -2.08. The van der Waals surface area contributed by atoms with Gasteiger partial charge in [-0.3, -0.25) is 4.68 Å². The fourth-order valence-electron chi connectivity index (χ4n) is 2.08. The maximum absolute atomic E-state index is 4.59. The zero-order valence-electron chi connectivity index (χ0n) is 12.3. The van der Waals surface area contributed by atoms with E-state index in [4.69, 9.17) is 0 Å². The summed E-state index contributed by atoms with van der Waals surface area (Å²) in [5, 5.41) is 11.8. The zero-order chi connectivity index (χ0) is 14.8. The van der Waals surface area contributed by atoms with Crippen molar-refractivity contribution in [3.63, 3.8) is 0 Å². The number of aromatic nitrogens is 4. The van der Waals surface area contributed by atoms with Crippen molar-refractivity contribution in [3.05, 3.63) is 23.3 Å². The van der Waals surface area contributed by atoms with Gasteiger partial charge in [-0.25, -0.2) is 4.98 Å². The van der Waals surface area contributed by atoms with Crippen LogP contribution >= 0.6 is 11.3 Å². The maximum atomic E-state index is 4.59. The molecule has 3 aromatic rings. The molecule has 3 rings (SSSR count). The topological polar surface area (TPSA) is 67.7 Å². The first-order valence-corrected chi connectivity index (χ1v) is 7.75. The van der Waals surface area contributed by atoms with E-state index in [2.05, 4.69) is 45.6 Å². The van der Waals surface area contributed by atoms with Gasteiger partial charge in [0.25, 0.3) is 0 Å². The fraction of sp³-hybridized carbons (Fsp3) is 0.357. The molecule has 0 aliphatic heterocycles. The van der Waals surface area contributed by atoms with E-state index >= 15 is 0 Å². The van der Waals surface area contributed by atoms with Gasteiger partial charge in [-0.2, -0.15) is 10.1 Å². The summed E-state index contributed by atoms with van der Waals surface area (Å²) < 4.78 is 1.76. The molecular formula is C14H18N6S. The van der Waals surface area contributed by atoms with Crippen molar-refractivity contribution in [2.45, 2.75) is 20.3 Å². The Bertz CT molecular complexity index is 760. The summed E-state index contributed by atoms with van der Waals surface area (Å²) in [6, 6.07) is 2.11. The smallest absolute Gasteiger partial charge is 0.226 e. The minimum absolute atomic E-state index is 0.664. The van der Waals surface area contributed by atoms with Gasteiger partial charge in [0.1, 0.15) is 10.6 Å². The molecule has 7 heteroatoms. The molecule has 6 nitrogen and oxygen atoms in total. The number of thiophene rings is 1. The lowest BCUT2D eigenvalue weighted by atomic mass is 10.3. The van der Waals surface area contributed by atoms with Crippen molar-refractivity contribution in [1.82, 2.24) is 19.7 Å². The lowest BCUT2D eigenvalue weighted by molar-refractivity contribution is 0.768. The van der Waals surface area contributed by atoms with Gasteiger partial charge >= 0.3 is 0 Å². The van der Waals surface area contributed by atoms with E-state index in [1.165, 1.54) is 4.88 Å². The van der Waals surface area contributed by atoms with Crippen molar-refractivity contribution in [2.24, 2.45) is 7.05 Å². The van der Waals surface area contributed by atoms with Crippen LogP contribution in [0.2, 0.25) is 0 Å². The molecule has 0 unspecified atom stereocenters. The van der Waals surface area contributed by atoms with Crippen LogP contribution in [0.15, 0.2) is 18.5 Å². The van der Waals surface area contributed by atoms with Gasteiger partial charge in [0.2, 0.25) is 5.95 Å². The number of anilines is 3. The van der Waals surface area contributed by atoms with Gasteiger partial charge in [-0.1, -0.05) is 6.92 Å². The molecule has 0 bridgehead atoms. The number of aryl methyl sites for hydroxylation is 2. The van der Waals surface area contributed by atoms with Gasteiger partial charge in [0, 0.05) is 24.7 Å². The van der Waals surface area contributed by atoms with Crippen LogP contribution in [0.3, 0.4) is 0 Å². The van der Waals surface area contributed by atoms with Gasteiger partial charge < -0.3 is 10.6 Å². The average molecular weight is 302 g/mol. The Kier molecular flexibility index (Phi) is 3.74. The summed E-state index contributed by atoms with van der Waals surface area (Å²) in [6.07, 6.45) is 4.74. The van der Waals surface area contributed by atoms with Gasteiger partial charge in [-0.05, 0) is 19.4 Å². The van der Waals surface area contributed by atoms with Crippen molar-refractivity contribution in [2.75, 3.05) is 17.2 Å². The molecule has 0 aliphatic rings. The average Bonchev–Trinajstić information content (AvgIpc) is 3.01. The van der Waals surface area contributed by atoms with E-state index in [0.29, 0.717) is 5.95 Å². The molecule has 21 heavy (non-hydrogen) atoms. The summed E-state index contributed by atoms with van der Waals surface area (Å²) >= 11 is 1.68. The second kappa shape index (κ2) is 5.69. The monoisotopic (exact) mass is 302 g/mol. The molecule has 0 radical (unpaired) electrons. The summed E-state index contributed by atoms with van der Waals surface area (Å²) in [7, 11) is 1.89. The van der Waals surface area contributed by atoms with Crippen LogP contribution in [-0.2, 0) is 7.05 Å². The molecule has 0 aliphatic carbocycles. The quantitative estimate of drug-likeness (QED) is 0.757. The van der Waals surface area contributed by atoms with Gasteiger partial charge in [-0.15, -0.1) is 11.3 Å². The number of nitrogens with zero attached hydrogens (tertiary/aromatic N) is 4. The highest BCUT2D eigenvalue weighted by molar-refractivity contribution is 7.18. The predicted molar refractivity (Wildman–Crippen MR) is 87.4 cm³/mol. The third-order valence-corrected chi connectivity index (χ3v) is 3.96. The highest BCUT2D eigenvalue weighted by Crippen LogP contribution is 2.31. The largest absolute Gasteiger partial charge is 0.354 e. The third kappa shape index (κ3) is 2.97. The molecule has 110 valence electrons. The Morgan fingerprint density at radius 1 is 1.33 bits per heavy atom. The van der Waals surface area contributed by atoms with Crippen molar-refractivity contribution < 1.29 is 0 Å². The molecule has 0 spiro atoms. The molecule has 3 aromatic heterocycles. The van der Waals surface area contributed by atoms with Crippen LogP contribution in [0.25, 0.3) is 10.2 Å². The predicted octanol–water partition coefficient (Wildman–Crippen LogP) is 3.30. The van der Waals surface area contributed by atoms with E-state index in [1.54, 1.807) is 22.2 Å². The third-order valence-electron chi connectivity index (χ3n) is 3.02. The molecule has 0 aromatic carbocycles.